The summed E-state index contributed by atoms with van der Waals surface area (Å²) in [5.74, 6) is 1.29. The second-order valence-corrected chi connectivity index (χ2v) is 10.9. The maximum absolute atomic E-state index is 14.9. The van der Waals surface area contributed by atoms with Crippen LogP contribution in [0.2, 0.25) is 0 Å². The highest BCUT2D eigenvalue weighted by atomic mass is 19.1. The van der Waals surface area contributed by atoms with Crippen molar-refractivity contribution in [3.63, 3.8) is 0 Å². The SMILES string of the molecule is COc1ccccc1-c1cn(Cc2ccccc2)c([C@H](N(C[C@H](F)CN)C(=O)O[C@H]2CCCO2)C(C)(C)C)n1. The Balaban J connectivity index is 1.84. The van der Waals surface area contributed by atoms with Gasteiger partial charge in [0.2, 0.25) is 6.29 Å². The van der Waals surface area contributed by atoms with Gasteiger partial charge in [0.25, 0.3) is 0 Å². The zero-order valence-electron chi connectivity index (χ0n) is 23.2. The van der Waals surface area contributed by atoms with E-state index in [0.717, 1.165) is 17.5 Å². The van der Waals surface area contributed by atoms with Gasteiger partial charge in [0.05, 0.1) is 32.0 Å². The number of ether oxygens (including phenoxy) is 3. The molecule has 1 aliphatic heterocycles. The second-order valence-electron chi connectivity index (χ2n) is 10.9. The van der Waals surface area contributed by atoms with Crippen LogP contribution in [0.4, 0.5) is 9.18 Å². The summed E-state index contributed by atoms with van der Waals surface area (Å²) in [6, 6.07) is 17.0. The first-order valence-corrected chi connectivity index (χ1v) is 13.4. The molecule has 3 aromatic rings. The van der Waals surface area contributed by atoms with E-state index in [0.29, 0.717) is 36.8 Å². The standard InChI is InChI=1S/C30H39FN4O4/c1-30(2,3)27(35(19-22(31)17-32)29(36)39-26-15-10-16-38-26)28-33-24(23-13-8-9-14-25(23)37-4)20-34(28)18-21-11-6-5-7-12-21/h5-9,11-14,20,22,26-27H,10,15-19,32H2,1-4H3/t22-,26+,27+/m1/s1. The Hall–Kier alpha value is -3.43. The minimum Gasteiger partial charge on any atom is -0.496 e. The maximum atomic E-state index is 14.9. The van der Waals surface area contributed by atoms with Gasteiger partial charge in [-0.05, 0) is 29.5 Å². The predicted molar refractivity (Wildman–Crippen MR) is 148 cm³/mol. The van der Waals surface area contributed by atoms with E-state index < -0.39 is 30.0 Å². The van der Waals surface area contributed by atoms with E-state index in [1.54, 1.807) is 7.11 Å². The van der Waals surface area contributed by atoms with Crippen molar-refractivity contribution >= 4 is 6.09 Å². The monoisotopic (exact) mass is 538 g/mol. The minimum atomic E-state index is -1.43. The van der Waals surface area contributed by atoms with Crippen LogP contribution in [0.3, 0.4) is 0 Å². The van der Waals surface area contributed by atoms with Crippen LogP contribution < -0.4 is 10.5 Å². The van der Waals surface area contributed by atoms with Crippen LogP contribution in [0.15, 0.2) is 60.8 Å². The molecule has 0 saturated carbocycles. The molecule has 9 heteroatoms. The van der Waals surface area contributed by atoms with Gasteiger partial charge < -0.3 is 24.5 Å². The maximum Gasteiger partial charge on any atom is 0.412 e. The van der Waals surface area contributed by atoms with Crippen LogP contribution in [-0.4, -0.2) is 59.8 Å². The Morgan fingerprint density at radius 3 is 2.56 bits per heavy atom. The average Bonchev–Trinajstić information content (AvgIpc) is 3.58. The van der Waals surface area contributed by atoms with E-state index in [4.69, 9.17) is 24.9 Å². The number of amides is 1. The zero-order chi connectivity index (χ0) is 28.0. The van der Waals surface area contributed by atoms with Crippen LogP contribution in [0.25, 0.3) is 11.3 Å². The van der Waals surface area contributed by atoms with Gasteiger partial charge in [-0.15, -0.1) is 0 Å². The molecule has 2 N–H and O–H groups in total. The summed E-state index contributed by atoms with van der Waals surface area (Å²) < 4.78 is 33.8. The molecule has 0 bridgehead atoms. The first-order valence-electron chi connectivity index (χ1n) is 13.4. The molecule has 0 radical (unpaired) electrons. The molecule has 1 saturated heterocycles. The van der Waals surface area contributed by atoms with Crippen molar-refractivity contribution in [2.45, 2.75) is 58.7 Å². The van der Waals surface area contributed by atoms with Gasteiger partial charge in [-0.25, -0.2) is 14.2 Å². The van der Waals surface area contributed by atoms with Gasteiger partial charge in [0.15, 0.2) is 0 Å². The van der Waals surface area contributed by atoms with Gasteiger partial charge >= 0.3 is 6.09 Å². The number of nitrogens with two attached hydrogens (primary N) is 1. The topological polar surface area (TPSA) is 91.8 Å². The lowest BCUT2D eigenvalue weighted by Gasteiger charge is -2.40. The highest BCUT2D eigenvalue weighted by molar-refractivity contribution is 5.69. The van der Waals surface area contributed by atoms with Gasteiger partial charge in [-0.1, -0.05) is 63.2 Å². The highest BCUT2D eigenvalue weighted by Gasteiger charge is 2.41. The lowest BCUT2D eigenvalue weighted by molar-refractivity contribution is -0.0868. The number of alkyl halides is 1. The summed E-state index contributed by atoms with van der Waals surface area (Å²) in [5.41, 5.74) is 7.70. The van der Waals surface area contributed by atoms with Crippen LogP contribution >= 0.6 is 0 Å². The molecule has 2 heterocycles. The molecule has 1 aromatic heterocycles. The number of hydrogen-bond donors (Lipinski definition) is 1. The third-order valence-electron chi connectivity index (χ3n) is 6.77. The predicted octanol–water partition coefficient (Wildman–Crippen LogP) is 5.57. The molecular weight excluding hydrogens is 499 g/mol. The van der Waals surface area contributed by atoms with E-state index >= 15 is 0 Å². The third-order valence-corrected chi connectivity index (χ3v) is 6.77. The summed E-state index contributed by atoms with van der Waals surface area (Å²) in [4.78, 5) is 20.1. The quantitative estimate of drug-likeness (QED) is 0.363. The molecular formula is C30H39FN4O4. The van der Waals surface area contributed by atoms with Gasteiger partial charge in [-0.2, -0.15) is 0 Å². The lowest BCUT2D eigenvalue weighted by atomic mass is 9.84. The number of hydrogen-bond acceptors (Lipinski definition) is 6. The van der Waals surface area contributed by atoms with E-state index in [1.807, 2.05) is 86.1 Å². The number of para-hydroxylation sites is 1. The fourth-order valence-electron chi connectivity index (χ4n) is 4.93. The number of rotatable bonds is 10. The Kier molecular flexibility index (Phi) is 9.24. The van der Waals surface area contributed by atoms with E-state index in [1.165, 1.54) is 4.90 Å². The molecule has 0 unspecified atom stereocenters. The Labute approximate surface area is 229 Å². The normalized spacial score (nSPS) is 17.0. The summed E-state index contributed by atoms with van der Waals surface area (Å²) in [6.45, 7) is 6.60. The minimum absolute atomic E-state index is 0.217. The van der Waals surface area contributed by atoms with Crippen molar-refractivity contribution < 1.29 is 23.4 Å². The van der Waals surface area contributed by atoms with Crippen molar-refractivity contribution in [3.05, 3.63) is 72.2 Å². The van der Waals surface area contributed by atoms with E-state index in [2.05, 4.69) is 0 Å². The number of methoxy groups -OCH3 is 1. The molecule has 210 valence electrons. The Bertz CT molecular complexity index is 1220. The van der Waals surface area contributed by atoms with Crippen molar-refractivity contribution in [2.75, 3.05) is 26.8 Å². The first-order chi connectivity index (χ1) is 18.7. The molecule has 4 rings (SSSR count). The Morgan fingerprint density at radius 1 is 1.21 bits per heavy atom. The van der Waals surface area contributed by atoms with Crippen molar-refractivity contribution in [2.24, 2.45) is 11.1 Å². The molecule has 0 aliphatic carbocycles. The number of carbonyl (C=O) groups is 1. The second kappa shape index (κ2) is 12.6. The molecule has 39 heavy (non-hydrogen) atoms. The third kappa shape index (κ3) is 6.96. The fraction of sp³-hybridized carbons (Fsp3) is 0.467. The van der Waals surface area contributed by atoms with Crippen LogP contribution in [0, 0.1) is 5.41 Å². The number of carbonyl (C=O) groups excluding carboxylic acids is 1. The molecule has 1 fully saturated rings. The van der Waals surface area contributed by atoms with Crippen LogP contribution in [-0.2, 0) is 16.0 Å². The van der Waals surface area contributed by atoms with Crippen molar-refractivity contribution in [3.8, 4) is 17.0 Å². The molecule has 1 aliphatic rings. The molecule has 8 nitrogen and oxygen atoms in total. The smallest absolute Gasteiger partial charge is 0.412 e. The van der Waals surface area contributed by atoms with Crippen LogP contribution in [0.1, 0.15) is 51.0 Å². The van der Waals surface area contributed by atoms with Gasteiger partial charge in [0, 0.05) is 31.3 Å². The molecule has 2 aromatic carbocycles. The van der Waals surface area contributed by atoms with Crippen molar-refractivity contribution in [1.29, 1.82) is 0 Å². The Morgan fingerprint density at radius 2 is 1.92 bits per heavy atom. The number of nitrogens with zero attached hydrogens (tertiary/aromatic N) is 3. The number of imidazole rings is 1. The van der Waals surface area contributed by atoms with E-state index in [-0.39, 0.29) is 13.1 Å². The summed E-state index contributed by atoms with van der Waals surface area (Å²) in [6.07, 6.45) is 0.641. The molecule has 0 spiro atoms. The molecule has 1 amide bonds. The summed E-state index contributed by atoms with van der Waals surface area (Å²) >= 11 is 0. The number of halogens is 1. The van der Waals surface area contributed by atoms with Crippen LogP contribution in [0.5, 0.6) is 5.75 Å². The van der Waals surface area contributed by atoms with E-state index in [9.17, 15) is 9.18 Å². The highest BCUT2D eigenvalue weighted by Crippen LogP contribution is 2.40. The number of aromatic nitrogens is 2. The van der Waals surface area contributed by atoms with Gasteiger partial charge in [-0.3, -0.25) is 4.90 Å². The summed E-state index contributed by atoms with van der Waals surface area (Å²) in [5, 5.41) is 0. The lowest BCUT2D eigenvalue weighted by Crippen LogP contribution is -2.47. The largest absolute Gasteiger partial charge is 0.496 e. The zero-order valence-corrected chi connectivity index (χ0v) is 23.2. The molecule has 3 atom stereocenters. The summed E-state index contributed by atoms with van der Waals surface area (Å²) in [7, 11) is 1.62. The number of benzene rings is 2. The first kappa shape index (κ1) is 28.6. The average molecular weight is 539 g/mol. The van der Waals surface area contributed by atoms with Crippen molar-refractivity contribution in [1.82, 2.24) is 14.5 Å². The fourth-order valence-corrected chi connectivity index (χ4v) is 4.93. The van der Waals surface area contributed by atoms with Gasteiger partial charge in [0.1, 0.15) is 17.7 Å².